The molecule has 1 aromatic heterocycles. The molecule has 6 heteroatoms. The molecule has 0 unspecified atom stereocenters. The summed E-state index contributed by atoms with van der Waals surface area (Å²) >= 11 is 0. The number of hydrogen-bond acceptors (Lipinski definition) is 5. The molecule has 0 fully saturated rings. The first-order valence-electron chi connectivity index (χ1n) is 6.04. The Balaban J connectivity index is 2.10. The smallest absolute Gasteiger partial charge is 0.262 e. The summed E-state index contributed by atoms with van der Waals surface area (Å²) in [5, 5.41) is 30.2. The van der Waals surface area contributed by atoms with Gasteiger partial charge in [0.2, 0.25) is 0 Å². The van der Waals surface area contributed by atoms with Crippen LogP contribution in [0.15, 0.2) is 46.6 Å². The number of aromatic hydroxyl groups is 2. The molecule has 0 bridgehead atoms. The van der Waals surface area contributed by atoms with E-state index < -0.39 is 5.91 Å². The maximum Gasteiger partial charge on any atom is 0.262 e. The van der Waals surface area contributed by atoms with E-state index in [9.17, 15) is 15.0 Å². The van der Waals surface area contributed by atoms with Gasteiger partial charge in [-0.1, -0.05) is 6.07 Å². The number of carbonyl (C=O) groups is 1. The number of nitrogens with one attached hydrogen (secondary N) is 1. The van der Waals surface area contributed by atoms with Crippen molar-refractivity contribution in [1.82, 2.24) is 5.32 Å². The lowest BCUT2D eigenvalue weighted by Crippen LogP contribution is -2.23. The maximum absolute atomic E-state index is 11.9. The molecule has 0 spiro atoms. The van der Waals surface area contributed by atoms with Crippen LogP contribution in [0.2, 0.25) is 0 Å². The van der Waals surface area contributed by atoms with Crippen LogP contribution >= 0.6 is 0 Å². The monoisotopic (exact) mass is 284 g/mol. The van der Waals surface area contributed by atoms with Crippen molar-refractivity contribution in [2.75, 3.05) is 0 Å². The van der Waals surface area contributed by atoms with Gasteiger partial charge in [-0.05, 0) is 35.9 Å². The quantitative estimate of drug-likeness (QED) is 0.451. The molecule has 1 heterocycles. The molecule has 0 aliphatic carbocycles. The Bertz CT molecular complexity index is 712. The highest BCUT2D eigenvalue weighted by Gasteiger charge is 2.10. The number of carbonyl (C=O) groups excluding carboxylic acids is 1. The molecule has 1 aromatic carbocycles. The summed E-state index contributed by atoms with van der Waals surface area (Å²) in [6.07, 6.45) is 2.80. The Morgan fingerprint density at radius 2 is 2.14 bits per heavy atom. The number of benzene rings is 1. The molecular formula is C15H12N2O4. The summed E-state index contributed by atoms with van der Waals surface area (Å²) in [5.74, 6) is -0.575. The number of phenolic OH excluding ortho intramolecular Hbond substituents is 2. The zero-order chi connectivity index (χ0) is 15.2. The van der Waals surface area contributed by atoms with Gasteiger partial charge >= 0.3 is 0 Å². The highest BCUT2D eigenvalue weighted by atomic mass is 16.3. The third kappa shape index (κ3) is 3.64. The van der Waals surface area contributed by atoms with Gasteiger partial charge in [-0.15, -0.1) is 0 Å². The lowest BCUT2D eigenvalue weighted by molar-refractivity contribution is -0.117. The van der Waals surface area contributed by atoms with E-state index in [1.807, 2.05) is 0 Å². The molecule has 2 rings (SSSR count). The molecule has 0 atom stereocenters. The SMILES string of the molecule is N#C/C(=C\c1ccc(O)c(O)c1)C(=O)NCc1ccco1. The lowest BCUT2D eigenvalue weighted by Gasteiger charge is -2.03. The Morgan fingerprint density at radius 3 is 2.76 bits per heavy atom. The van der Waals surface area contributed by atoms with E-state index in [4.69, 9.17) is 9.68 Å². The van der Waals surface area contributed by atoms with Crippen LogP contribution in [0.5, 0.6) is 11.5 Å². The van der Waals surface area contributed by atoms with Gasteiger partial charge in [-0.3, -0.25) is 4.79 Å². The second-order valence-corrected chi connectivity index (χ2v) is 4.18. The third-order valence-corrected chi connectivity index (χ3v) is 2.68. The van der Waals surface area contributed by atoms with E-state index in [0.717, 1.165) is 0 Å². The van der Waals surface area contributed by atoms with Gasteiger partial charge in [0, 0.05) is 0 Å². The highest BCUT2D eigenvalue weighted by molar-refractivity contribution is 6.01. The molecular weight excluding hydrogens is 272 g/mol. The van der Waals surface area contributed by atoms with Crippen molar-refractivity contribution in [1.29, 1.82) is 5.26 Å². The molecule has 0 aliphatic rings. The van der Waals surface area contributed by atoms with Crippen LogP contribution in [0.4, 0.5) is 0 Å². The first-order chi connectivity index (χ1) is 10.1. The van der Waals surface area contributed by atoms with Crippen molar-refractivity contribution in [3.05, 3.63) is 53.5 Å². The van der Waals surface area contributed by atoms with Crippen molar-refractivity contribution in [2.24, 2.45) is 0 Å². The van der Waals surface area contributed by atoms with E-state index in [1.165, 1.54) is 30.5 Å². The van der Waals surface area contributed by atoms with Gasteiger partial charge in [0.05, 0.1) is 12.8 Å². The number of rotatable bonds is 4. The van der Waals surface area contributed by atoms with E-state index in [-0.39, 0.29) is 23.6 Å². The minimum atomic E-state index is -0.554. The van der Waals surface area contributed by atoms with Crippen LogP contribution in [0.3, 0.4) is 0 Å². The van der Waals surface area contributed by atoms with Crippen LogP contribution in [-0.4, -0.2) is 16.1 Å². The summed E-state index contributed by atoms with van der Waals surface area (Å²) in [4.78, 5) is 11.9. The predicted octanol–water partition coefficient (Wildman–Crippen LogP) is 1.91. The van der Waals surface area contributed by atoms with Crippen molar-refractivity contribution in [3.8, 4) is 17.6 Å². The molecule has 0 aliphatic heterocycles. The van der Waals surface area contributed by atoms with Crippen LogP contribution < -0.4 is 5.32 Å². The number of nitrogens with zero attached hydrogens (tertiary/aromatic N) is 1. The molecule has 1 amide bonds. The van der Waals surface area contributed by atoms with E-state index in [1.54, 1.807) is 18.2 Å². The Labute approximate surface area is 120 Å². The topological polar surface area (TPSA) is 106 Å². The van der Waals surface area contributed by atoms with Crippen molar-refractivity contribution < 1.29 is 19.4 Å². The molecule has 3 N–H and O–H groups in total. The third-order valence-electron chi connectivity index (χ3n) is 2.68. The largest absolute Gasteiger partial charge is 0.504 e. The summed E-state index contributed by atoms with van der Waals surface area (Å²) < 4.78 is 5.07. The van der Waals surface area contributed by atoms with Gasteiger partial charge in [-0.25, -0.2) is 0 Å². The number of furan rings is 1. The zero-order valence-electron chi connectivity index (χ0n) is 10.9. The fourth-order valence-corrected chi connectivity index (χ4v) is 1.62. The summed E-state index contributed by atoms with van der Waals surface area (Å²) in [6.45, 7) is 0.172. The second-order valence-electron chi connectivity index (χ2n) is 4.18. The molecule has 0 radical (unpaired) electrons. The van der Waals surface area contributed by atoms with E-state index in [0.29, 0.717) is 11.3 Å². The van der Waals surface area contributed by atoms with Crippen molar-refractivity contribution in [3.63, 3.8) is 0 Å². The van der Waals surface area contributed by atoms with Crippen LogP contribution in [0.1, 0.15) is 11.3 Å². The summed E-state index contributed by atoms with van der Waals surface area (Å²) in [7, 11) is 0. The molecule has 6 nitrogen and oxygen atoms in total. The van der Waals surface area contributed by atoms with Crippen molar-refractivity contribution in [2.45, 2.75) is 6.54 Å². The average molecular weight is 284 g/mol. The maximum atomic E-state index is 11.9. The number of hydrogen-bond donors (Lipinski definition) is 3. The van der Waals surface area contributed by atoms with Gasteiger partial charge in [-0.2, -0.15) is 5.26 Å². The molecule has 0 saturated carbocycles. The van der Waals surface area contributed by atoms with Gasteiger partial charge in [0.25, 0.3) is 5.91 Å². The van der Waals surface area contributed by atoms with Gasteiger partial charge in [0.1, 0.15) is 17.4 Å². The fraction of sp³-hybridized carbons (Fsp3) is 0.0667. The minimum Gasteiger partial charge on any atom is -0.504 e. The molecule has 106 valence electrons. The molecule has 2 aromatic rings. The fourth-order valence-electron chi connectivity index (χ4n) is 1.62. The Morgan fingerprint density at radius 1 is 1.33 bits per heavy atom. The Kier molecular flexibility index (Phi) is 4.26. The van der Waals surface area contributed by atoms with Crippen LogP contribution in [-0.2, 0) is 11.3 Å². The molecule has 21 heavy (non-hydrogen) atoms. The van der Waals surface area contributed by atoms with Crippen LogP contribution in [0.25, 0.3) is 6.08 Å². The predicted molar refractivity (Wildman–Crippen MR) is 73.9 cm³/mol. The zero-order valence-corrected chi connectivity index (χ0v) is 10.9. The number of nitriles is 1. The lowest BCUT2D eigenvalue weighted by atomic mass is 10.1. The van der Waals surface area contributed by atoms with Crippen molar-refractivity contribution >= 4 is 12.0 Å². The Hall–Kier alpha value is -3.20. The summed E-state index contributed by atoms with van der Waals surface area (Å²) in [5.41, 5.74) is 0.307. The second kappa shape index (κ2) is 6.30. The highest BCUT2D eigenvalue weighted by Crippen LogP contribution is 2.25. The number of amides is 1. The van der Waals surface area contributed by atoms with Gasteiger partial charge in [0.15, 0.2) is 11.5 Å². The number of phenols is 2. The van der Waals surface area contributed by atoms with E-state index >= 15 is 0 Å². The standard InChI is InChI=1S/C15H12N2O4/c16-8-11(6-10-3-4-13(18)14(19)7-10)15(20)17-9-12-2-1-5-21-12/h1-7,18-19H,9H2,(H,17,20)/b11-6+. The van der Waals surface area contributed by atoms with E-state index in [2.05, 4.69) is 5.32 Å². The summed E-state index contributed by atoms with van der Waals surface area (Å²) in [6, 6.07) is 9.20. The first kappa shape index (κ1) is 14.2. The van der Waals surface area contributed by atoms with Crippen LogP contribution in [0, 0.1) is 11.3 Å². The minimum absolute atomic E-state index is 0.119. The first-order valence-corrected chi connectivity index (χ1v) is 6.04. The normalized spacial score (nSPS) is 10.9. The molecule has 0 saturated heterocycles. The van der Waals surface area contributed by atoms with Gasteiger partial charge < -0.3 is 19.9 Å². The average Bonchev–Trinajstić information content (AvgIpc) is 2.99.